The summed E-state index contributed by atoms with van der Waals surface area (Å²) in [5, 5.41) is 14.0. The van der Waals surface area contributed by atoms with Crippen molar-refractivity contribution in [2.75, 3.05) is 18.5 Å². The summed E-state index contributed by atoms with van der Waals surface area (Å²) >= 11 is 3.62. The largest absolute Gasteiger partial charge is 0.392 e. The van der Waals surface area contributed by atoms with Gasteiger partial charge in [-0.15, -0.1) is 0 Å². The number of aliphatic hydroxyl groups excluding tert-OH is 1. The Morgan fingerprint density at radius 2 is 2.11 bits per heavy atom. The molecule has 6 heteroatoms. The van der Waals surface area contributed by atoms with Crippen LogP contribution in [-0.4, -0.2) is 34.9 Å². The highest BCUT2D eigenvalue weighted by Gasteiger charge is 2.51. The summed E-state index contributed by atoms with van der Waals surface area (Å²) in [5.74, 6) is 0.488. The van der Waals surface area contributed by atoms with Crippen molar-refractivity contribution in [3.63, 3.8) is 0 Å². The number of benzene rings is 1. The second kappa shape index (κ2) is 7.57. The molecular weight excluding hydrogens is 408 g/mol. The van der Waals surface area contributed by atoms with E-state index in [9.17, 15) is 9.90 Å². The molecule has 2 heterocycles. The number of aromatic nitrogens is 1. The van der Waals surface area contributed by atoms with Crippen molar-refractivity contribution in [1.29, 1.82) is 0 Å². The molecule has 1 aliphatic heterocycles. The monoisotopic (exact) mass is 434 g/mol. The number of carbonyl (C=O) groups is 1. The third-order valence-corrected chi connectivity index (χ3v) is 6.78. The van der Waals surface area contributed by atoms with E-state index < -0.39 is 6.10 Å². The van der Waals surface area contributed by atoms with Gasteiger partial charge >= 0.3 is 0 Å². The summed E-state index contributed by atoms with van der Waals surface area (Å²) in [5.41, 5.74) is 1.41. The van der Waals surface area contributed by atoms with Gasteiger partial charge in [0.05, 0.1) is 35.9 Å². The lowest BCUT2D eigenvalue weighted by atomic mass is 9.66. The van der Waals surface area contributed by atoms with Crippen LogP contribution in [0.25, 0.3) is 10.9 Å². The Balaban J connectivity index is 1.65. The van der Waals surface area contributed by atoms with E-state index in [1.54, 1.807) is 6.92 Å². The average Bonchev–Trinajstić information content (AvgIpc) is 2.93. The van der Waals surface area contributed by atoms with Crippen molar-refractivity contribution in [2.45, 2.75) is 51.7 Å². The highest BCUT2D eigenvalue weighted by atomic mass is 79.9. The summed E-state index contributed by atoms with van der Waals surface area (Å²) in [7, 11) is 0. The minimum Gasteiger partial charge on any atom is -0.392 e. The van der Waals surface area contributed by atoms with Crippen LogP contribution in [0.3, 0.4) is 0 Å². The molecule has 2 fully saturated rings. The lowest BCUT2D eigenvalue weighted by molar-refractivity contribution is -0.172. The molecule has 0 spiro atoms. The zero-order valence-corrected chi connectivity index (χ0v) is 17.3. The molecule has 1 atom stereocenters. The van der Waals surface area contributed by atoms with Crippen LogP contribution in [0.4, 0.5) is 5.69 Å². The average molecular weight is 435 g/mol. The van der Waals surface area contributed by atoms with Crippen molar-refractivity contribution < 1.29 is 14.6 Å². The number of hydrogen-bond acceptors (Lipinski definition) is 3. The number of nitrogens with zero attached hydrogens (tertiary/aromatic N) is 1. The van der Waals surface area contributed by atoms with Crippen molar-refractivity contribution in [3.05, 3.63) is 28.9 Å². The zero-order valence-electron chi connectivity index (χ0n) is 15.7. The molecule has 4 rings (SSSR count). The van der Waals surface area contributed by atoms with Gasteiger partial charge in [-0.05, 0) is 37.8 Å². The fraction of sp³-hybridized carbons (Fsp3) is 0.571. The van der Waals surface area contributed by atoms with Crippen LogP contribution in [-0.2, 0) is 16.1 Å². The number of amides is 1. The Bertz CT molecular complexity index is 835. The Kier molecular flexibility index (Phi) is 5.32. The molecule has 1 saturated heterocycles. The molecule has 2 aliphatic rings. The SMILES string of the molecule is CC(O)Cn1cc(NC(=O)C2(C3CCCCC3)COC2)c2c(Br)cccc21. The molecule has 1 aromatic heterocycles. The van der Waals surface area contributed by atoms with E-state index in [0.717, 1.165) is 33.9 Å². The Labute approximate surface area is 168 Å². The number of nitrogens with one attached hydrogen (secondary N) is 1. The molecule has 146 valence electrons. The first kappa shape index (κ1) is 19.0. The van der Waals surface area contributed by atoms with Gasteiger partial charge in [0.1, 0.15) is 0 Å². The number of fused-ring (bicyclic) bond motifs is 1. The molecule has 2 N–H and O–H groups in total. The van der Waals surface area contributed by atoms with Crippen LogP contribution in [0.15, 0.2) is 28.9 Å². The van der Waals surface area contributed by atoms with Gasteiger partial charge in [0.15, 0.2) is 0 Å². The zero-order chi connectivity index (χ0) is 19.0. The second-order valence-corrected chi connectivity index (χ2v) is 8.97. The van der Waals surface area contributed by atoms with Gasteiger partial charge in [0, 0.05) is 22.6 Å². The minimum atomic E-state index is -0.461. The summed E-state index contributed by atoms with van der Waals surface area (Å²) in [6.07, 6.45) is 7.40. The number of anilines is 1. The van der Waals surface area contributed by atoms with Crippen LogP contribution in [0.2, 0.25) is 0 Å². The van der Waals surface area contributed by atoms with Gasteiger partial charge in [-0.3, -0.25) is 4.79 Å². The smallest absolute Gasteiger partial charge is 0.235 e. The van der Waals surface area contributed by atoms with Crippen molar-refractivity contribution in [3.8, 4) is 0 Å². The highest BCUT2D eigenvalue weighted by Crippen LogP contribution is 2.45. The molecule has 1 unspecified atom stereocenters. The van der Waals surface area contributed by atoms with Gasteiger partial charge in [-0.1, -0.05) is 41.3 Å². The van der Waals surface area contributed by atoms with Crippen molar-refractivity contribution >= 4 is 38.4 Å². The van der Waals surface area contributed by atoms with Crippen LogP contribution in [0.5, 0.6) is 0 Å². The first-order valence-electron chi connectivity index (χ1n) is 9.86. The quantitative estimate of drug-likeness (QED) is 0.736. The van der Waals surface area contributed by atoms with Crippen LogP contribution in [0, 0.1) is 11.3 Å². The molecule has 27 heavy (non-hydrogen) atoms. The number of aliphatic hydroxyl groups is 1. The lowest BCUT2D eigenvalue weighted by Gasteiger charge is -2.47. The molecule has 1 amide bonds. The standard InChI is InChI=1S/C21H27BrN2O3/c1-14(25)10-24-11-17(19-16(22)8-5-9-18(19)24)23-20(26)21(12-27-13-21)15-6-3-2-4-7-15/h5,8-9,11,14-15,25H,2-4,6-7,10,12-13H2,1H3,(H,23,26). The first-order chi connectivity index (χ1) is 13.0. The van der Waals surface area contributed by atoms with Crippen molar-refractivity contribution in [2.24, 2.45) is 11.3 Å². The normalized spacial score (nSPS) is 21.0. The maximum Gasteiger partial charge on any atom is 0.235 e. The maximum absolute atomic E-state index is 13.3. The summed E-state index contributed by atoms with van der Waals surface area (Å²) < 4.78 is 8.46. The van der Waals surface area contributed by atoms with Crippen LogP contribution in [0.1, 0.15) is 39.0 Å². The van der Waals surface area contributed by atoms with E-state index in [1.807, 2.05) is 29.0 Å². The van der Waals surface area contributed by atoms with Crippen molar-refractivity contribution in [1.82, 2.24) is 4.57 Å². The highest BCUT2D eigenvalue weighted by molar-refractivity contribution is 9.10. The predicted molar refractivity (Wildman–Crippen MR) is 110 cm³/mol. The van der Waals surface area contributed by atoms with E-state index in [2.05, 4.69) is 21.2 Å². The minimum absolute atomic E-state index is 0.0764. The third-order valence-electron chi connectivity index (χ3n) is 6.12. The Morgan fingerprint density at radius 3 is 2.74 bits per heavy atom. The van der Waals surface area contributed by atoms with Gasteiger partial charge in [-0.2, -0.15) is 0 Å². The number of hydrogen-bond donors (Lipinski definition) is 2. The molecular formula is C21H27BrN2O3. The number of carbonyl (C=O) groups excluding carboxylic acids is 1. The van der Waals surface area contributed by atoms with E-state index >= 15 is 0 Å². The van der Waals surface area contributed by atoms with E-state index in [1.165, 1.54) is 19.3 Å². The number of ether oxygens (including phenoxy) is 1. The van der Waals surface area contributed by atoms with Gasteiger partial charge in [0.25, 0.3) is 0 Å². The second-order valence-electron chi connectivity index (χ2n) is 8.12. The maximum atomic E-state index is 13.3. The molecule has 0 radical (unpaired) electrons. The van der Waals surface area contributed by atoms with E-state index in [-0.39, 0.29) is 11.3 Å². The summed E-state index contributed by atoms with van der Waals surface area (Å²) in [6.45, 7) is 3.31. The Hall–Kier alpha value is -1.37. The Morgan fingerprint density at radius 1 is 1.37 bits per heavy atom. The third kappa shape index (κ3) is 3.43. The number of rotatable bonds is 5. The first-order valence-corrected chi connectivity index (χ1v) is 10.7. The van der Waals surface area contributed by atoms with Crippen LogP contribution >= 0.6 is 15.9 Å². The van der Waals surface area contributed by atoms with Gasteiger partial charge in [0.2, 0.25) is 5.91 Å². The fourth-order valence-electron chi connectivity index (χ4n) is 4.62. The van der Waals surface area contributed by atoms with Gasteiger partial charge < -0.3 is 19.7 Å². The molecule has 5 nitrogen and oxygen atoms in total. The summed E-state index contributed by atoms with van der Waals surface area (Å²) in [6, 6.07) is 5.97. The predicted octanol–water partition coefficient (Wildman–Crippen LogP) is 4.32. The molecule has 1 aromatic carbocycles. The molecule has 0 bridgehead atoms. The molecule has 2 aromatic rings. The van der Waals surface area contributed by atoms with E-state index in [0.29, 0.717) is 25.7 Å². The molecule has 1 aliphatic carbocycles. The number of halogens is 1. The fourth-order valence-corrected chi connectivity index (χ4v) is 5.18. The lowest BCUT2D eigenvalue weighted by Crippen LogP contribution is -2.56. The van der Waals surface area contributed by atoms with Gasteiger partial charge in [-0.25, -0.2) is 0 Å². The topological polar surface area (TPSA) is 63.5 Å². The molecule has 1 saturated carbocycles. The van der Waals surface area contributed by atoms with E-state index in [4.69, 9.17) is 4.74 Å². The van der Waals surface area contributed by atoms with Crippen LogP contribution < -0.4 is 5.32 Å². The summed E-state index contributed by atoms with van der Waals surface area (Å²) in [4.78, 5) is 13.3.